The molecule has 0 aromatic heterocycles. The summed E-state index contributed by atoms with van der Waals surface area (Å²) in [5.41, 5.74) is 0. The Labute approximate surface area is 108 Å². The second-order valence-electron chi connectivity index (χ2n) is 3.14. The van der Waals surface area contributed by atoms with Gasteiger partial charge in [0.2, 0.25) is 0 Å². The summed E-state index contributed by atoms with van der Waals surface area (Å²) < 4.78 is 29.4. The molecule has 0 amide bonds. The molecule has 7 heteroatoms. The molecular weight excluding hydrogens is 217 g/mol. The van der Waals surface area contributed by atoms with Gasteiger partial charge in [0, 0.05) is 19.1 Å². The Morgan fingerprint density at radius 2 is 1.79 bits per heavy atom. The Kier molecular flexibility index (Phi) is 9.89. The topological polar surface area (TPSA) is 77.8 Å². The second-order valence-corrected chi connectivity index (χ2v) is 4.71. The van der Waals surface area contributed by atoms with Gasteiger partial charge in [0.1, 0.15) is 0 Å². The van der Waals surface area contributed by atoms with E-state index in [9.17, 15) is 8.42 Å². The van der Waals surface area contributed by atoms with Gasteiger partial charge in [-0.1, -0.05) is 0 Å². The molecule has 82 valence electrons. The molecule has 0 saturated carbocycles. The Balaban J connectivity index is 0. The van der Waals surface area contributed by atoms with Gasteiger partial charge in [-0.15, -0.1) is 0 Å². The van der Waals surface area contributed by atoms with Crippen molar-refractivity contribution in [1.82, 2.24) is 4.90 Å². The van der Waals surface area contributed by atoms with Crippen LogP contribution in [0.1, 0.15) is 13.8 Å². The molecule has 0 unspecified atom stereocenters. The van der Waals surface area contributed by atoms with Gasteiger partial charge in [0.25, 0.3) is 10.1 Å². The summed E-state index contributed by atoms with van der Waals surface area (Å²) in [7, 11) is -3.89. The predicted octanol–water partition coefficient (Wildman–Crippen LogP) is -1.07. The summed E-state index contributed by atoms with van der Waals surface area (Å²) in [5.74, 6) is -0.287. The van der Waals surface area contributed by atoms with Crippen molar-refractivity contribution in [1.29, 1.82) is 0 Å². The van der Waals surface area contributed by atoms with E-state index in [0.717, 1.165) is 0 Å². The zero-order chi connectivity index (χ0) is 10.5. The standard InChI is InChI=1S/C7H17NO4S.Na.H/c1-7(2)8(3-5-9)4-6-13(10,11)12;;/h7,9H,3-6H2,1-2H3,(H,10,11,12);;. The summed E-state index contributed by atoms with van der Waals surface area (Å²) in [4.78, 5) is 1.79. The first-order valence-corrected chi connectivity index (χ1v) is 5.78. The van der Waals surface area contributed by atoms with E-state index in [4.69, 9.17) is 9.66 Å². The molecule has 0 aliphatic carbocycles. The van der Waals surface area contributed by atoms with Gasteiger partial charge in [-0.3, -0.25) is 9.45 Å². The molecule has 0 fully saturated rings. The van der Waals surface area contributed by atoms with Crippen LogP contribution in [0.5, 0.6) is 0 Å². The van der Waals surface area contributed by atoms with Gasteiger partial charge >= 0.3 is 29.6 Å². The van der Waals surface area contributed by atoms with E-state index in [1.807, 2.05) is 13.8 Å². The van der Waals surface area contributed by atoms with Crippen molar-refractivity contribution < 1.29 is 18.1 Å². The molecule has 0 aliphatic heterocycles. The van der Waals surface area contributed by atoms with E-state index in [1.54, 1.807) is 4.90 Å². The van der Waals surface area contributed by atoms with Crippen LogP contribution < -0.4 is 0 Å². The molecule has 0 radical (unpaired) electrons. The van der Waals surface area contributed by atoms with Crippen LogP contribution in [0.25, 0.3) is 0 Å². The second kappa shape index (κ2) is 8.04. The number of aliphatic hydroxyl groups excluding tert-OH is 1. The molecule has 0 aromatic rings. The van der Waals surface area contributed by atoms with E-state index in [-0.39, 0.29) is 54.5 Å². The average molecular weight is 235 g/mol. The van der Waals surface area contributed by atoms with Crippen LogP contribution in [0.4, 0.5) is 0 Å². The fourth-order valence-corrected chi connectivity index (χ4v) is 1.45. The third-order valence-corrected chi connectivity index (χ3v) is 2.45. The number of hydrogen-bond acceptors (Lipinski definition) is 4. The van der Waals surface area contributed by atoms with Crippen molar-refractivity contribution in [3.8, 4) is 0 Å². The van der Waals surface area contributed by atoms with Crippen molar-refractivity contribution in [2.24, 2.45) is 0 Å². The molecule has 0 bridgehead atoms. The van der Waals surface area contributed by atoms with Crippen molar-refractivity contribution in [2.45, 2.75) is 19.9 Å². The van der Waals surface area contributed by atoms with E-state index >= 15 is 0 Å². The maximum atomic E-state index is 10.4. The third-order valence-electron chi connectivity index (χ3n) is 1.75. The van der Waals surface area contributed by atoms with Crippen LogP contribution in [-0.2, 0) is 10.1 Å². The van der Waals surface area contributed by atoms with E-state index in [1.165, 1.54) is 0 Å². The summed E-state index contributed by atoms with van der Waals surface area (Å²) in [5, 5.41) is 8.66. The normalized spacial score (nSPS) is 11.9. The van der Waals surface area contributed by atoms with Crippen molar-refractivity contribution in [3.05, 3.63) is 0 Å². The summed E-state index contributed by atoms with van der Waals surface area (Å²) in [6.07, 6.45) is 0. The van der Waals surface area contributed by atoms with Gasteiger partial charge in [0.15, 0.2) is 0 Å². The van der Waals surface area contributed by atoms with Gasteiger partial charge < -0.3 is 5.11 Å². The van der Waals surface area contributed by atoms with Crippen LogP contribution in [0.2, 0.25) is 0 Å². The number of rotatable bonds is 6. The van der Waals surface area contributed by atoms with E-state index in [2.05, 4.69) is 0 Å². The van der Waals surface area contributed by atoms with E-state index in [0.29, 0.717) is 6.54 Å². The first-order chi connectivity index (χ1) is 5.87. The molecule has 0 atom stereocenters. The maximum absolute atomic E-state index is 10.4. The zero-order valence-electron chi connectivity index (χ0n) is 7.97. The first kappa shape index (κ1) is 17.2. The zero-order valence-corrected chi connectivity index (χ0v) is 8.79. The number of aliphatic hydroxyl groups is 1. The Morgan fingerprint density at radius 3 is 2.07 bits per heavy atom. The minimum absolute atomic E-state index is 0. The number of hydrogen-bond donors (Lipinski definition) is 2. The number of nitrogens with zero attached hydrogens (tertiary/aromatic N) is 1. The molecule has 5 nitrogen and oxygen atoms in total. The van der Waals surface area contributed by atoms with E-state index < -0.39 is 10.1 Å². The average Bonchev–Trinajstić information content (AvgIpc) is 1.95. The minimum atomic E-state index is -3.89. The summed E-state index contributed by atoms with van der Waals surface area (Å²) in [6.45, 7) is 4.47. The van der Waals surface area contributed by atoms with Crippen LogP contribution >= 0.6 is 0 Å². The molecule has 2 N–H and O–H groups in total. The van der Waals surface area contributed by atoms with Crippen molar-refractivity contribution >= 4 is 39.7 Å². The fourth-order valence-electron chi connectivity index (χ4n) is 0.989. The molecule has 0 rings (SSSR count). The van der Waals surface area contributed by atoms with Gasteiger partial charge in [-0.2, -0.15) is 8.42 Å². The van der Waals surface area contributed by atoms with Crippen LogP contribution in [-0.4, -0.2) is 84.0 Å². The quantitative estimate of drug-likeness (QED) is 0.453. The molecule has 0 aromatic carbocycles. The van der Waals surface area contributed by atoms with Gasteiger partial charge in [-0.25, -0.2) is 0 Å². The molecule has 0 heterocycles. The fraction of sp³-hybridized carbons (Fsp3) is 1.00. The van der Waals surface area contributed by atoms with Gasteiger partial charge in [0.05, 0.1) is 12.4 Å². The molecular formula is C7H18NNaO4S. The SMILES string of the molecule is CC(C)N(CCO)CCS(=O)(=O)O.[NaH]. The Bertz CT molecular complexity index is 230. The summed E-state index contributed by atoms with van der Waals surface area (Å²) >= 11 is 0. The summed E-state index contributed by atoms with van der Waals surface area (Å²) in [6, 6.07) is 0.161. The van der Waals surface area contributed by atoms with Crippen molar-refractivity contribution in [3.63, 3.8) is 0 Å². The predicted molar refractivity (Wildman–Crippen MR) is 57.4 cm³/mol. The Hall–Kier alpha value is 0.830. The molecule has 0 spiro atoms. The molecule has 0 aliphatic rings. The Morgan fingerprint density at radius 1 is 1.29 bits per heavy atom. The van der Waals surface area contributed by atoms with Gasteiger partial charge in [-0.05, 0) is 13.8 Å². The monoisotopic (exact) mass is 235 g/mol. The van der Waals surface area contributed by atoms with Crippen LogP contribution in [0.3, 0.4) is 0 Å². The molecule has 14 heavy (non-hydrogen) atoms. The molecule has 0 saturated heterocycles. The van der Waals surface area contributed by atoms with Crippen molar-refractivity contribution in [2.75, 3.05) is 25.4 Å². The first-order valence-electron chi connectivity index (χ1n) is 4.17. The van der Waals surface area contributed by atoms with Crippen LogP contribution in [0.15, 0.2) is 0 Å². The third kappa shape index (κ3) is 9.39. The van der Waals surface area contributed by atoms with Crippen LogP contribution in [0, 0.1) is 0 Å².